The number of rotatable bonds is 10. The highest BCUT2D eigenvalue weighted by molar-refractivity contribution is 5.92. The lowest BCUT2D eigenvalue weighted by molar-refractivity contribution is 0.0693. The van der Waals surface area contributed by atoms with E-state index in [0.717, 1.165) is 22.6 Å². The van der Waals surface area contributed by atoms with Gasteiger partial charge in [0.05, 0.1) is 28.4 Å². The Morgan fingerprint density at radius 3 is 2.03 bits per heavy atom. The van der Waals surface area contributed by atoms with Crippen LogP contribution in [0.15, 0.2) is 60.7 Å². The minimum atomic E-state index is -1.06. The normalized spacial score (nSPS) is 10.4. The Kier molecular flexibility index (Phi) is 7.44. The molecular formula is C25H27NO6. The minimum Gasteiger partial charge on any atom is -0.497 e. The van der Waals surface area contributed by atoms with E-state index in [4.69, 9.17) is 18.9 Å². The lowest BCUT2D eigenvalue weighted by Gasteiger charge is -2.27. The molecule has 7 heteroatoms. The van der Waals surface area contributed by atoms with Crippen molar-refractivity contribution in [3.63, 3.8) is 0 Å². The van der Waals surface area contributed by atoms with E-state index >= 15 is 0 Å². The number of ether oxygens (including phenoxy) is 4. The minimum absolute atomic E-state index is 0.0904. The Bertz CT molecular complexity index is 1080. The topological polar surface area (TPSA) is 77.5 Å². The summed E-state index contributed by atoms with van der Waals surface area (Å²) in [7, 11) is 6.31. The fourth-order valence-electron chi connectivity index (χ4n) is 3.55. The molecule has 0 bridgehead atoms. The summed E-state index contributed by atoms with van der Waals surface area (Å²) in [5, 5.41) is 9.66. The number of benzene rings is 3. The highest BCUT2D eigenvalue weighted by Gasteiger charge is 2.18. The van der Waals surface area contributed by atoms with Crippen LogP contribution in [0.3, 0.4) is 0 Å². The monoisotopic (exact) mass is 437 g/mol. The van der Waals surface area contributed by atoms with Crippen LogP contribution in [0.1, 0.15) is 21.5 Å². The van der Waals surface area contributed by atoms with Gasteiger partial charge in [0.15, 0.2) is 0 Å². The number of anilines is 1. The maximum Gasteiger partial charge on any atom is 0.339 e. The van der Waals surface area contributed by atoms with Crippen molar-refractivity contribution in [3.8, 4) is 23.0 Å². The summed E-state index contributed by atoms with van der Waals surface area (Å²) >= 11 is 0. The van der Waals surface area contributed by atoms with E-state index in [2.05, 4.69) is 4.90 Å². The summed E-state index contributed by atoms with van der Waals surface area (Å²) in [5.41, 5.74) is 2.67. The smallest absolute Gasteiger partial charge is 0.339 e. The Hall–Kier alpha value is -3.87. The first-order chi connectivity index (χ1) is 15.5. The summed E-state index contributed by atoms with van der Waals surface area (Å²) in [6.07, 6.45) is 0. The molecule has 0 atom stereocenters. The zero-order valence-electron chi connectivity index (χ0n) is 18.6. The number of hydrogen-bond donors (Lipinski definition) is 1. The molecule has 168 valence electrons. The second kappa shape index (κ2) is 10.4. The summed E-state index contributed by atoms with van der Waals surface area (Å²) in [5.74, 6) is 1.42. The first-order valence-electron chi connectivity index (χ1n) is 9.99. The van der Waals surface area contributed by atoms with Gasteiger partial charge in [-0.3, -0.25) is 0 Å². The third-order valence-corrected chi connectivity index (χ3v) is 5.18. The van der Waals surface area contributed by atoms with Crippen LogP contribution < -0.4 is 23.8 Å². The van der Waals surface area contributed by atoms with Crippen molar-refractivity contribution in [2.45, 2.75) is 13.1 Å². The van der Waals surface area contributed by atoms with Gasteiger partial charge in [-0.1, -0.05) is 18.2 Å². The Morgan fingerprint density at radius 1 is 0.750 bits per heavy atom. The standard InChI is InChI=1S/C25H27NO6/c1-29-20-10-12-23(31-3)18(13-20)16-26(15-17-7-5-6-8-22(17)30-2)19-9-11-24(32-4)21(14-19)25(27)28/h5-14H,15-16H2,1-4H3,(H,27,28). The lowest BCUT2D eigenvalue weighted by Crippen LogP contribution is -2.23. The largest absolute Gasteiger partial charge is 0.497 e. The van der Waals surface area contributed by atoms with E-state index in [1.165, 1.54) is 7.11 Å². The molecule has 7 nitrogen and oxygen atoms in total. The molecule has 0 aliphatic rings. The zero-order chi connectivity index (χ0) is 23.1. The third kappa shape index (κ3) is 5.06. The van der Waals surface area contributed by atoms with E-state index in [1.807, 2.05) is 48.5 Å². The summed E-state index contributed by atoms with van der Waals surface area (Å²) in [6, 6.07) is 18.5. The molecule has 0 amide bonds. The Morgan fingerprint density at radius 2 is 1.38 bits per heavy atom. The predicted octanol–water partition coefficient (Wildman–Crippen LogP) is 4.63. The average Bonchev–Trinajstić information content (AvgIpc) is 2.83. The van der Waals surface area contributed by atoms with Crippen molar-refractivity contribution >= 4 is 11.7 Å². The van der Waals surface area contributed by atoms with Gasteiger partial charge in [0, 0.05) is 29.9 Å². The predicted molar refractivity (Wildman–Crippen MR) is 122 cm³/mol. The van der Waals surface area contributed by atoms with Crippen LogP contribution in [0, 0.1) is 0 Å². The van der Waals surface area contributed by atoms with Crippen LogP contribution in [-0.2, 0) is 13.1 Å². The van der Waals surface area contributed by atoms with Crippen LogP contribution >= 0.6 is 0 Å². The molecule has 3 aromatic rings. The average molecular weight is 437 g/mol. The molecule has 0 aliphatic heterocycles. The molecule has 0 saturated carbocycles. The number of para-hydroxylation sites is 1. The molecule has 0 heterocycles. The van der Waals surface area contributed by atoms with Gasteiger partial charge in [0.2, 0.25) is 0 Å². The molecule has 1 N–H and O–H groups in total. The van der Waals surface area contributed by atoms with Gasteiger partial charge in [-0.2, -0.15) is 0 Å². The van der Waals surface area contributed by atoms with E-state index in [9.17, 15) is 9.90 Å². The first-order valence-corrected chi connectivity index (χ1v) is 9.99. The molecule has 0 saturated heterocycles. The molecule has 0 unspecified atom stereocenters. The molecule has 0 spiro atoms. The van der Waals surface area contributed by atoms with Gasteiger partial charge < -0.3 is 29.0 Å². The van der Waals surface area contributed by atoms with Crippen molar-refractivity contribution in [3.05, 3.63) is 77.4 Å². The fraction of sp³-hybridized carbons (Fsp3) is 0.240. The number of carboxylic acid groups (broad SMARTS) is 1. The zero-order valence-corrected chi connectivity index (χ0v) is 18.6. The van der Waals surface area contributed by atoms with Gasteiger partial charge in [-0.25, -0.2) is 4.79 Å². The molecule has 0 aromatic heterocycles. The van der Waals surface area contributed by atoms with E-state index in [0.29, 0.717) is 30.3 Å². The number of nitrogens with zero attached hydrogens (tertiary/aromatic N) is 1. The molecule has 0 fully saturated rings. The second-order valence-electron chi connectivity index (χ2n) is 7.04. The van der Waals surface area contributed by atoms with Gasteiger partial charge in [0.1, 0.15) is 28.6 Å². The highest BCUT2D eigenvalue weighted by Crippen LogP contribution is 2.32. The number of carbonyl (C=O) groups is 1. The molecule has 3 rings (SSSR count). The van der Waals surface area contributed by atoms with E-state index in [-0.39, 0.29) is 5.56 Å². The number of methoxy groups -OCH3 is 4. The van der Waals surface area contributed by atoms with Gasteiger partial charge in [-0.15, -0.1) is 0 Å². The summed E-state index contributed by atoms with van der Waals surface area (Å²) in [6.45, 7) is 0.930. The molecule has 3 aromatic carbocycles. The van der Waals surface area contributed by atoms with E-state index < -0.39 is 5.97 Å². The second-order valence-corrected chi connectivity index (χ2v) is 7.04. The maximum absolute atomic E-state index is 11.8. The van der Waals surface area contributed by atoms with Gasteiger partial charge in [-0.05, 0) is 42.5 Å². The lowest BCUT2D eigenvalue weighted by atomic mass is 10.1. The number of carboxylic acids is 1. The first kappa shape index (κ1) is 22.8. The SMILES string of the molecule is COc1ccc(OC)c(CN(Cc2ccccc2OC)c2ccc(OC)c(C(=O)O)c2)c1. The van der Waals surface area contributed by atoms with Crippen LogP contribution in [-0.4, -0.2) is 39.5 Å². The van der Waals surface area contributed by atoms with Gasteiger partial charge in [0.25, 0.3) is 0 Å². The maximum atomic E-state index is 11.8. The molecule has 32 heavy (non-hydrogen) atoms. The molecular weight excluding hydrogens is 410 g/mol. The molecule has 0 radical (unpaired) electrons. The number of aromatic carboxylic acids is 1. The van der Waals surface area contributed by atoms with Crippen molar-refractivity contribution < 1.29 is 28.8 Å². The fourth-order valence-corrected chi connectivity index (χ4v) is 3.55. The summed E-state index contributed by atoms with van der Waals surface area (Å²) in [4.78, 5) is 13.9. The molecule has 0 aliphatic carbocycles. The third-order valence-electron chi connectivity index (χ3n) is 5.18. The Balaban J connectivity index is 2.08. The van der Waals surface area contributed by atoms with Gasteiger partial charge >= 0.3 is 5.97 Å². The van der Waals surface area contributed by atoms with Crippen LogP contribution in [0.5, 0.6) is 23.0 Å². The van der Waals surface area contributed by atoms with Crippen LogP contribution in [0.2, 0.25) is 0 Å². The Labute approximate surface area is 187 Å². The quantitative estimate of drug-likeness (QED) is 0.496. The van der Waals surface area contributed by atoms with Crippen molar-refractivity contribution in [1.82, 2.24) is 0 Å². The number of hydrogen-bond acceptors (Lipinski definition) is 6. The van der Waals surface area contributed by atoms with Crippen molar-refractivity contribution in [2.24, 2.45) is 0 Å². The highest BCUT2D eigenvalue weighted by atomic mass is 16.5. The van der Waals surface area contributed by atoms with Crippen LogP contribution in [0.25, 0.3) is 0 Å². The summed E-state index contributed by atoms with van der Waals surface area (Å²) < 4.78 is 21.7. The van der Waals surface area contributed by atoms with E-state index in [1.54, 1.807) is 33.5 Å². The van der Waals surface area contributed by atoms with Crippen LogP contribution in [0.4, 0.5) is 5.69 Å². The van der Waals surface area contributed by atoms with Crippen molar-refractivity contribution in [1.29, 1.82) is 0 Å². The van der Waals surface area contributed by atoms with Crippen molar-refractivity contribution in [2.75, 3.05) is 33.3 Å².